The molecule has 148 valence electrons. The van der Waals surface area contributed by atoms with Gasteiger partial charge in [0.05, 0.1) is 0 Å². The molecule has 2 fully saturated rings. The second kappa shape index (κ2) is 7.28. The van der Waals surface area contributed by atoms with Gasteiger partial charge >= 0.3 is 0 Å². The second-order valence-corrected chi connectivity index (χ2v) is 8.95. The maximum Gasteiger partial charge on any atom is 0.0326 e. The van der Waals surface area contributed by atoms with Crippen molar-refractivity contribution in [3.05, 3.63) is 35.4 Å². The lowest BCUT2D eigenvalue weighted by Gasteiger charge is -2.29. The van der Waals surface area contributed by atoms with Crippen LogP contribution in [0.2, 0.25) is 0 Å². The first-order chi connectivity index (χ1) is 12.1. The van der Waals surface area contributed by atoms with E-state index < -0.39 is 0 Å². The van der Waals surface area contributed by atoms with Gasteiger partial charge in [0.2, 0.25) is 0 Å². The van der Waals surface area contributed by atoms with Gasteiger partial charge in [-0.1, -0.05) is 58.9 Å². The van der Waals surface area contributed by atoms with E-state index in [-0.39, 0.29) is 0 Å². The van der Waals surface area contributed by atoms with Crippen molar-refractivity contribution < 1.29 is 0 Å². The highest BCUT2D eigenvalue weighted by molar-refractivity contribution is 5.36. The molecule has 4 rings (SSSR count). The molecule has 6 atom stereocenters. The number of hydrogen-bond acceptors (Lipinski definition) is 2. The van der Waals surface area contributed by atoms with Crippen LogP contribution in [0.4, 0.5) is 0 Å². The number of rotatable bonds is 0. The molecule has 1 saturated carbocycles. The summed E-state index contributed by atoms with van der Waals surface area (Å²) in [6.45, 7) is 20.6. The van der Waals surface area contributed by atoms with Crippen molar-refractivity contribution in [2.24, 2.45) is 16.7 Å². The lowest BCUT2D eigenvalue weighted by atomic mass is 9.92. The van der Waals surface area contributed by atoms with Crippen LogP contribution in [0.15, 0.2) is 24.3 Å². The fourth-order valence-corrected chi connectivity index (χ4v) is 5.98. The normalized spacial score (nSPS) is 43.6. The van der Waals surface area contributed by atoms with E-state index in [1.54, 1.807) is 0 Å². The maximum absolute atomic E-state index is 2.54. The van der Waals surface area contributed by atoms with Crippen molar-refractivity contribution in [2.45, 2.75) is 86.5 Å². The molecular weight excluding hydrogens is 316 g/mol. The van der Waals surface area contributed by atoms with Crippen molar-refractivity contribution in [3.8, 4) is 0 Å². The first kappa shape index (κ1) is 21.4. The number of benzene rings is 1. The number of fused-ring (bicyclic) bond motifs is 2. The molecule has 0 amide bonds. The summed E-state index contributed by atoms with van der Waals surface area (Å²) >= 11 is 0. The molecule has 0 spiro atoms. The van der Waals surface area contributed by atoms with Crippen molar-refractivity contribution in [3.63, 3.8) is 0 Å². The molecule has 0 N–H and O–H groups in total. The van der Waals surface area contributed by atoms with E-state index in [1.807, 2.05) is 13.8 Å². The average molecular weight is 359 g/mol. The van der Waals surface area contributed by atoms with Crippen LogP contribution in [0.25, 0.3) is 0 Å². The minimum Gasteiger partial charge on any atom is -0.300 e. The van der Waals surface area contributed by atoms with Crippen LogP contribution in [0.3, 0.4) is 0 Å². The Bertz CT molecular complexity index is 575. The molecule has 1 aliphatic carbocycles. The van der Waals surface area contributed by atoms with Crippen LogP contribution in [0.5, 0.6) is 0 Å². The van der Waals surface area contributed by atoms with E-state index in [0.29, 0.717) is 22.9 Å². The zero-order valence-electron chi connectivity index (χ0n) is 19.1. The van der Waals surface area contributed by atoms with Gasteiger partial charge in [0.15, 0.2) is 0 Å². The third-order valence-corrected chi connectivity index (χ3v) is 8.95. The number of piperidine rings is 1. The highest BCUT2D eigenvalue weighted by Gasteiger charge is 2.77. The number of hydrogen-bond donors (Lipinski definition) is 0. The van der Waals surface area contributed by atoms with E-state index in [0.717, 1.165) is 18.0 Å². The molecular formula is C24H42N2. The molecule has 2 nitrogen and oxygen atoms in total. The van der Waals surface area contributed by atoms with E-state index in [2.05, 4.69) is 96.6 Å². The predicted octanol–water partition coefficient (Wildman–Crippen LogP) is 6.15. The minimum absolute atomic E-state index is 0.580. The Morgan fingerprint density at radius 3 is 1.35 bits per heavy atom. The summed E-state index contributed by atoms with van der Waals surface area (Å²) in [4.78, 5) is 4.95. The van der Waals surface area contributed by atoms with Crippen LogP contribution < -0.4 is 0 Å². The molecule has 0 aromatic heterocycles. The Kier molecular flexibility index (Phi) is 6.00. The van der Waals surface area contributed by atoms with Crippen LogP contribution in [-0.4, -0.2) is 36.0 Å². The largest absolute Gasteiger partial charge is 0.300 e. The fraction of sp³-hybridized carbons (Fsp3) is 0.750. The Hall–Kier alpha value is -0.860. The van der Waals surface area contributed by atoms with Gasteiger partial charge in [0, 0.05) is 24.2 Å². The Morgan fingerprint density at radius 2 is 1.04 bits per heavy atom. The Balaban J connectivity index is 0.000000171. The SMILES string of the molecule is CC.CC1N(C)C(C)C2(C)C(C)C12C.CC1c2ccccc2C(C)N1C. The van der Waals surface area contributed by atoms with Crippen LogP contribution in [0, 0.1) is 16.7 Å². The molecule has 6 unspecified atom stereocenters. The van der Waals surface area contributed by atoms with Gasteiger partial charge in [-0.2, -0.15) is 0 Å². The van der Waals surface area contributed by atoms with Gasteiger partial charge in [-0.3, -0.25) is 9.80 Å². The van der Waals surface area contributed by atoms with Crippen LogP contribution in [-0.2, 0) is 0 Å². The molecule has 1 aromatic carbocycles. The lowest BCUT2D eigenvalue weighted by Crippen LogP contribution is -2.37. The molecule has 2 heterocycles. The molecule has 26 heavy (non-hydrogen) atoms. The van der Waals surface area contributed by atoms with Crippen molar-refractivity contribution >= 4 is 0 Å². The van der Waals surface area contributed by atoms with Gasteiger partial charge in [-0.15, -0.1) is 0 Å². The fourth-order valence-electron chi connectivity index (χ4n) is 5.98. The molecule has 3 aliphatic rings. The summed E-state index contributed by atoms with van der Waals surface area (Å²) in [5.74, 6) is 0.909. The molecule has 0 bridgehead atoms. The van der Waals surface area contributed by atoms with Crippen LogP contribution in [0.1, 0.15) is 85.5 Å². The first-order valence-electron chi connectivity index (χ1n) is 10.6. The predicted molar refractivity (Wildman–Crippen MR) is 114 cm³/mol. The van der Waals surface area contributed by atoms with Gasteiger partial charge in [-0.25, -0.2) is 0 Å². The topological polar surface area (TPSA) is 6.48 Å². The van der Waals surface area contributed by atoms with E-state index in [9.17, 15) is 0 Å². The van der Waals surface area contributed by atoms with Crippen molar-refractivity contribution in [2.75, 3.05) is 14.1 Å². The smallest absolute Gasteiger partial charge is 0.0326 e. The first-order valence-corrected chi connectivity index (χ1v) is 10.6. The van der Waals surface area contributed by atoms with E-state index in [1.165, 1.54) is 11.1 Å². The highest BCUT2D eigenvalue weighted by Crippen LogP contribution is 2.77. The summed E-state index contributed by atoms with van der Waals surface area (Å²) in [6, 6.07) is 11.4. The van der Waals surface area contributed by atoms with E-state index >= 15 is 0 Å². The Labute approximate surface area is 163 Å². The zero-order valence-corrected chi connectivity index (χ0v) is 19.1. The van der Waals surface area contributed by atoms with Crippen LogP contribution >= 0.6 is 0 Å². The molecule has 1 aromatic rings. The summed E-state index contributed by atoms with van der Waals surface area (Å²) in [6.07, 6.45) is 0. The molecule has 2 aliphatic heterocycles. The number of nitrogens with zero attached hydrogens (tertiary/aromatic N) is 2. The lowest BCUT2D eigenvalue weighted by molar-refractivity contribution is 0.171. The van der Waals surface area contributed by atoms with Crippen molar-refractivity contribution in [1.82, 2.24) is 9.80 Å². The quantitative estimate of drug-likeness (QED) is 0.548. The van der Waals surface area contributed by atoms with Gasteiger partial charge in [-0.05, 0) is 69.7 Å². The van der Waals surface area contributed by atoms with Gasteiger partial charge in [0.1, 0.15) is 0 Å². The minimum atomic E-state index is 0.580. The average Bonchev–Trinajstić information content (AvgIpc) is 2.96. The summed E-state index contributed by atoms with van der Waals surface area (Å²) in [5.41, 5.74) is 4.16. The maximum atomic E-state index is 2.54. The van der Waals surface area contributed by atoms with Gasteiger partial charge < -0.3 is 0 Å². The number of likely N-dealkylation sites (tertiary alicyclic amines) is 1. The Morgan fingerprint density at radius 1 is 0.692 bits per heavy atom. The summed E-state index contributed by atoms with van der Waals surface area (Å²) < 4.78 is 0. The zero-order chi connectivity index (χ0) is 20.0. The third-order valence-electron chi connectivity index (χ3n) is 8.95. The van der Waals surface area contributed by atoms with Gasteiger partial charge in [0.25, 0.3) is 0 Å². The monoisotopic (exact) mass is 358 g/mol. The molecule has 1 saturated heterocycles. The molecule has 2 heteroatoms. The summed E-state index contributed by atoms with van der Waals surface area (Å²) in [7, 11) is 4.46. The molecule has 0 radical (unpaired) electrons. The highest BCUT2D eigenvalue weighted by atomic mass is 15.3. The standard InChI is InChI=1S/C11H21N.C11H15N.C2H6/c1-7-10(4)8(2)12(6)9(3)11(7,10)5;1-8-10-6-4-5-7-11(10)9(2)12(8)3;1-2/h7-9H,1-6H3;4-9H,1-3H3;1-2H3. The third kappa shape index (κ3) is 2.67. The van der Waals surface area contributed by atoms with Crippen molar-refractivity contribution in [1.29, 1.82) is 0 Å². The second-order valence-electron chi connectivity index (χ2n) is 8.95. The van der Waals surface area contributed by atoms with E-state index in [4.69, 9.17) is 0 Å². The summed E-state index contributed by atoms with van der Waals surface area (Å²) in [5, 5.41) is 0.